The monoisotopic (exact) mass is 268 g/mol. The van der Waals surface area contributed by atoms with Crippen LogP contribution in [-0.2, 0) is 11.2 Å². The van der Waals surface area contributed by atoms with E-state index >= 15 is 0 Å². The van der Waals surface area contributed by atoms with Crippen molar-refractivity contribution < 1.29 is 4.79 Å². The summed E-state index contributed by atoms with van der Waals surface area (Å²) in [5.41, 5.74) is 1.23. The van der Waals surface area contributed by atoms with Crippen LogP contribution in [0.2, 0.25) is 0 Å². The molecule has 1 aromatic rings. The second-order valence-electron chi connectivity index (χ2n) is 3.75. The molecule has 1 aromatic heterocycles. The van der Waals surface area contributed by atoms with Crippen molar-refractivity contribution in [2.75, 3.05) is 13.1 Å². The Kier molecular flexibility index (Phi) is 3.36. The largest absolute Gasteiger partial charge is 0.341 e. The van der Waals surface area contributed by atoms with Gasteiger partial charge in [0.25, 0.3) is 0 Å². The maximum atomic E-state index is 11.5. The lowest BCUT2D eigenvalue weighted by molar-refractivity contribution is -0.127. The second kappa shape index (κ2) is 4.75. The first kappa shape index (κ1) is 10.6. The number of aromatic nitrogens is 1. The molecule has 0 saturated carbocycles. The first-order chi connectivity index (χ1) is 7.25. The first-order valence-corrected chi connectivity index (χ1v) is 5.98. The molecule has 0 bridgehead atoms. The van der Waals surface area contributed by atoms with Crippen LogP contribution in [0.3, 0.4) is 0 Å². The van der Waals surface area contributed by atoms with Gasteiger partial charge in [0.05, 0.1) is 0 Å². The van der Waals surface area contributed by atoms with Crippen LogP contribution in [-0.4, -0.2) is 33.7 Å². The van der Waals surface area contributed by atoms with Crippen molar-refractivity contribution in [1.29, 1.82) is 0 Å². The molecule has 2 rings (SSSR count). The van der Waals surface area contributed by atoms with Crippen molar-refractivity contribution in [1.82, 2.24) is 9.88 Å². The molecular weight excluding hydrogens is 256 g/mol. The number of nitrogens with zero attached hydrogens (tertiary/aromatic N) is 2. The van der Waals surface area contributed by atoms with Crippen molar-refractivity contribution >= 4 is 21.8 Å². The molecule has 80 valence electrons. The minimum absolute atomic E-state index is 0.255. The maximum Gasteiger partial charge on any atom is 0.223 e. The highest BCUT2D eigenvalue weighted by Crippen LogP contribution is 2.18. The summed E-state index contributed by atoms with van der Waals surface area (Å²) in [6.45, 7) is 1.65. The first-order valence-electron chi connectivity index (χ1n) is 5.06. The van der Waals surface area contributed by atoms with Crippen molar-refractivity contribution in [3.8, 4) is 0 Å². The second-order valence-corrected chi connectivity index (χ2v) is 5.04. The summed E-state index contributed by atoms with van der Waals surface area (Å²) in [6, 6.07) is 3.98. The predicted octanol–water partition coefficient (Wildman–Crippen LogP) is 1.62. The molecule has 1 fully saturated rings. The predicted molar refractivity (Wildman–Crippen MR) is 61.9 cm³/mol. The third-order valence-corrected chi connectivity index (χ3v) is 3.20. The minimum atomic E-state index is 0.255. The number of hydrogen-bond donors (Lipinski definition) is 0. The van der Waals surface area contributed by atoms with Gasteiger partial charge in [0.1, 0.15) is 0 Å². The topological polar surface area (TPSA) is 33.2 Å². The Labute approximate surface area is 97.6 Å². The van der Waals surface area contributed by atoms with Gasteiger partial charge in [0.15, 0.2) is 0 Å². The standard InChI is InChI=1S/C11H13BrN2O/c12-10-7-11(15)14(8-10)6-3-9-1-4-13-5-2-9/h1-2,4-5,10H,3,6-8H2. The summed E-state index contributed by atoms with van der Waals surface area (Å²) in [6.07, 6.45) is 5.12. The smallest absolute Gasteiger partial charge is 0.223 e. The van der Waals surface area contributed by atoms with Crippen LogP contribution in [0.1, 0.15) is 12.0 Å². The van der Waals surface area contributed by atoms with Crippen molar-refractivity contribution in [3.63, 3.8) is 0 Å². The zero-order valence-corrected chi connectivity index (χ0v) is 9.98. The number of likely N-dealkylation sites (tertiary alicyclic amines) is 1. The van der Waals surface area contributed by atoms with Gasteiger partial charge >= 0.3 is 0 Å². The molecule has 4 heteroatoms. The Hall–Kier alpha value is -0.900. The summed E-state index contributed by atoms with van der Waals surface area (Å²) in [4.78, 5) is 17.7. The van der Waals surface area contributed by atoms with Crippen LogP contribution in [0.15, 0.2) is 24.5 Å². The summed E-state index contributed by atoms with van der Waals surface area (Å²) in [7, 11) is 0. The van der Waals surface area contributed by atoms with Crippen molar-refractivity contribution in [2.24, 2.45) is 0 Å². The van der Waals surface area contributed by atoms with E-state index in [0.717, 1.165) is 19.5 Å². The number of rotatable bonds is 3. The summed E-state index contributed by atoms with van der Waals surface area (Å²) in [5, 5.41) is 0. The fraction of sp³-hybridized carbons (Fsp3) is 0.455. The zero-order valence-electron chi connectivity index (χ0n) is 8.40. The van der Waals surface area contributed by atoms with E-state index in [-0.39, 0.29) is 5.91 Å². The maximum absolute atomic E-state index is 11.5. The van der Waals surface area contributed by atoms with Gasteiger partial charge in [-0.1, -0.05) is 15.9 Å². The Balaban J connectivity index is 1.86. The van der Waals surface area contributed by atoms with Gasteiger partial charge in [-0.05, 0) is 24.1 Å². The molecule has 2 heterocycles. The third-order valence-electron chi connectivity index (χ3n) is 2.59. The van der Waals surface area contributed by atoms with Gasteiger partial charge in [-0.2, -0.15) is 0 Å². The van der Waals surface area contributed by atoms with E-state index in [1.165, 1.54) is 5.56 Å². The van der Waals surface area contributed by atoms with E-state index in [4.69, 9.17) is 0 Å². The molecule has 1 unspecified atom stereocenters. The number of carbonyl (C=O) groups excluding carboxylic acids is 1. The lowest BCUT2D eigenvalue weighted by atomic mass is 10.2. The molecule has 0 N–H and O–H groups in total. The molecular formula is C11H13BrN2O. The van der Waals surface area contributed by atoms with E-state index < -0.39 is 0 Å². The van der Waals surface area contributed by atoms with Crippen LogP contribution in [0.4, 0.5) is 0 Å². The number of carbonyl (C=O) groups is 1. The molecule has 1 aliphatic rings. The average molecular weight is 269 g/mol. The number of halogens is 1. The molecule has 1 amide bonds. The number of alkyl halides is 1. The number of hydrogen-bond acceptors (Lipinski definition) is 2. The SMILES string of the molecule is O=C1CC(Br)CN1CCc1ccncc1. The molecule has 0 spiro atoms. The van der Waals surface area contributed by atoms with E-state index in [1.807, 2.05) is 17.0 Å². The van der Waals surface area contributed by atoms with E-state index in [0.29, 0.717) is 11.2 Å². The van der Waals surface area contributed by atoms with Crippen LogP contribution in [0.5, 0.6) is 0 Å². The number of pyridine rings is 1. The molecule has 0 radical (unpaired) electrons. The average Bonchev–Trinajstić information content (AvgIpc) is 2.56. The highest BCUT2D eigenvalue weighted by Gasteiger charge is 2.26. The molecule has 1 saturated heterocycles. The van der Waals surface area contributed by atoms with Crippen molar-refractivity contribution in [3.05, 3.63) is 30.1 Å². The lowest BCUT2D eigenvalue weighted by Gasteiger charge is -2.15. The van der Waals surface area contributed by atoms with Gasteiger partial charge in [0.2, 0.25) is 5.91 Å². The molecule has 1 aliphatic heterocycles. The van der Waals surface area contributed by atoms with Crippen LogP contribution in [0, 0.1) is 0 Å². The Morgan fingerprint density at radius 2 is 2.20 bits per heavy atom. The van der Waals surface area contributed by atoms with Gasteiger partial charge in [0, 0.05) is 36.7 Å². The van der Waals surface area contributed by atoms with E-state index in [9.17, 15) is 4.79 Å². The number of amides is 1. The lowest BCUT2D eigenvalue weighted by Crippen LogP contribution is -2.27. The van der Waals surface area contributed by atoms with Gasteiger partial charge in [-0.15, -0.1) is 0 Å². The fourth-order valence-electron chi connectivity index (χ4n) is 1.75. The Morgan fingerprint density at radius 3 is 2.80 bits per heavy atom. The van der Waals surface area contributed by atoms with Gasteiger partial charge in [-0.25, -0.2) is 0 Å². The summed E-state index contributed by atoms with van der Waals surface area (Å²) >= 11 is 3.47. The molecule has 3 nitrogen and oxygen atoms in total. The zero-order chi connectivity index (χ0) is 10.7. The molecule has 1 atom stereocenters. The minimum Gasteiger partial charge on any atom is -0.341 e. The Morgan fingerprint density at radius 1 is 1.47 bits per heavy atom. The van der Waals surface area contributed by atoms with Gasteiger partial charge in [-0.3, -0.25) is 9.78 Å². The summed E-state index contributed by atoms with van der Waals surface area (Å²) in [5.74, 6) is 0.255. The van der Waals surface area contributed by atoms with Crippen LogP contribution in [0.25, 0.3) is 0 Å². The highest BCUT2D eigenvalue weighted by molar-refractivity contribution is 9.09. The summed E-state index contributed by atoms with van der Waals surface area (Å²) < 4.78 is 0. The Bertz CT molecular complexity index is 342. The fourth-order valence-corrected chi connectivity index (χ4v) is 2.38. The van der Waals surface area contributed by atoms with Crippen LogP contribution >= 0.6 is 15.9 Å². The van der Waals surface area contributed by atoms with E-state index in [2.05, 4.69) is 20.9 Å². The molecule has 0 aliphatic carbocycles. The molecule has 15 heavy (non-hydrogen) atoms. The molecule has 0 aromatic carbocycles. The quantitative estimate of drug-likeness (QED) is 0.781. The normalized spacial score (nSPS) is 21.0. The highest BCUT2D eigenvalue weighted by atomic mass is 79.9. The van der Waals surface area contributed by atoms with Gasteiger partial charge < -0.3 is 4.90 Å². The van der Waals surface area contributed by atoms with Crippen molar-refractivity contribution in [2.45, 2.75) is 17.7 Å². The van der Waals surface area contributed by atoms with Crippen LogP contribution < -0.4 is 0 Å². The third kappa shape index (κ3) is 2.78. The van der Waals surface area contributed by atoms with E-state index in [1.54, 1.807) is 12.4 Å².